The molecule has 0 fully saturated rings. The highest BCUT2D eigenvalue weighted by atomic mass is 15.3. The summed E-state index contributed by atoms with van der Waals surface area (Å²) in [4.78, 5) is 6.63. The predicted molar refractivity (Wildman–Crippen MR) is 78.1 cm³/mol. The minimum atomic E-state index is 0.442. The minimum absolute atomic E-state index is 0.442. The average Bonchev–Trinajstić information content (AvgIpc) is 2.72. The highest BCUT2D eigenvalue weighted by Gasteiger charge is 2.27. The van der Waals surface area contributed by atoms with Crippen LogP contribution in [0, 0.1) is 6.92 Å². The zero-order chi connectivity index (χ0) is 13.0. The van der Waals surface area contributed by atoms with Gasteiger partial charge in [-0.05, 0) is 25.0 Å². The Morgan fingerprint density at radius 2 is 2.11 bits per heavy atom. The number of nitrogens with two attached hydrogens (primary N) is 1. The molecule has 18 heavy (non-hydrogen) atoms. The molecular weight excluding hydrogens is 222 g/mol. The highest BCUT2D eigenvalue weighted by molar-refractivity contribution is 5.97. The second kappa shape index (κ2) is 5.89. The number of aryl methyl sites for hydroxylation is 1. The number of benzene rings is 1. The lowest BCUT2D eigenvalue weighted by Crippen LogP contribution is -2.41. The van der Waals surface area contributed by atoms with E-state index in [-0.39, 0.29) is 0 Å². The van der Waals surface area contributed by atoms with E-state index in [0.29, 0.717) is 12.0 Å². The van der Waals surface area contributed by atoms with Crippen LogP contribution < -0.4 is 10.6 Å². The lowest BCUT2D eigenvalue weighted by Gasteiger charge is -2.27. The first-order valence-corrected chi connectivity index (χ1v) is 6.88. The summed E-state index contributed by atoms with van der Waals surface area (Å²) in [6, 6.07) is 8.84. The normalized spacial score (nSPS) is 19.1. The Morgan fingerprint density at radius 3 is 2.83 bits per heavy atom. The van der Waals surface area contributed by atoms with Gasteiger partial charge in [0.05, 0.1) is 12.6 Å². The Balaban J connectivity index is 2.12. The quantitative estimate of drug-likeness (QED) is 0.810. The van der Waals surface area contributed by atoms with Gasteiger partial charge in [-0.25, -0.2) is 0 Å². The molecule has 1 unspecified atom stereocenters. The number of guanidine groups is 1. The van der Waals surface area contributed by atoms with Gasteiger partial charge in [-0.3, -0.25) is 4.99 Å². The molecule has 98 valence electrons. The van der Waals surface area contributed by atoms with Crippen LogP contribution in [0.2, 0.25) is 0 Å². The van der Waals surface area contributed by atoms with Crippen LogP contribution >= 0.6 is 0 Å². The molecule has 3 heteroatoms. The molecule has 0 saturated heterocycles. The summed E-state index contributed by atoms with van der Waals surface area (Å²) in [6.07, 6.45) is 4.98. The van der Waals surface area contributed by atoms with Crippen LogP contribution in [0.25, 0.3) is 0 Å². The van der Waals surface area contributed by atoms with Gasteiger partial charge in [-0.2, -0.15) is 0 Å². The fourth-order valence-corrected chi connectivity index (χ4v) is 2.55. The number of hydrogen-bond acceptors (Lipinski definition) is 3. The Kier molecular flexibility index (Phi) is 4.24. The number of aliphatic imine (C=N–C) groups is 1. The molecule has 1 aromatic rings. The van der Waals surface area contributed by atoms with E-state index in [9.17, 15) is 0 Å². The molecule has 0 aliphatic carbocycles. The zero-order valence-corrected chi connectivity index (χ0v) is 11.4. The number of unbranched alkanes of at least 4 members (excludes halogenated alkanes) is 2. The van der Waals surface area contributed by atoms with Crippen LogP contribution in [0.15, 0.2) is 29.3 Å². The molecule has 0 bridgehead atoms. The molecule has 0 radical (unpaired) electrons. The molecule has 1 heterocycles. The molecule has 0 spiro atoms. The Hall–Kier alpha value is -1.51. The van der Waals surface area contributed by atoms with Gasteiger partial charge in [0.15, 0.2) is 5.96 Å². The molecule has 1 aliphatic heterocycles. The SMILES string of the molecule is CCCCCC1CN=C(N)N1c1ccccc1C. The van der Waals surface area contributed by atoms with Crippen molar-refractivity contribution in [3.63, 3.8) is 0 Å². The number of hydrogen-bond donors (Lipinski definition) is 1. The molecule has 2 rings (SSSR count). The third-order valence-corrected chi connectivity index (χ3v) is 3.59. The fourth-order valence-electron chi connectivity index (χ4n) is 2.55. The molecule has 0 amide bonds. The maximum Gasteiger partial charge on any atom is 0.196 e. The first-order valence-electron chi connectivity index (χ1n) is 6.88. The van der Waals surface area contributed by atoms with Gasteiger partial charge < -0.3 is 10.6 Å². The van der Waals surface area contributed by atoms with E-state index in [1.165, 1.54) is 36.9 Å². The third-order valence-electron chi connectivity index (χ3n) is 3.59. The van der Waals surface area contributed by atoms with Crippen molar-refractivity contribution < 1.29 is 0 Å². The van der Waals surface area contributed by atoms with Crippen molar-refractivity contribution in [1.29, 1.82) is 0 Å². The average molecular weight is 245 g/mol. The molecule has 1 atom stereocenters. The molecule has 2 N–H and O–H groups in total. The molecule has 3 nitrogen and oxygen atoms in total. The molecule has 0 aromatic heterocycles. The van der Waals surface area contributed by atoms with Gasteiger partial charge in [0.1, 0.15) is 0 Å². The maximum absolute atomic E-state index is 6.05. The largest absolute Gasteiger partial charge is 0.370 e. The summed E-state index contributed by atoms with van der Waals surface area (Å²) >= 11 is 0. The van der Waals surface area contributed by atoms with E-state index in [2.05, 4.69) is 48.0 Å². The van der Waals surface area contributed by atoms with Crippen molar-refractivity contribution in [3.05, 3.63) is 29.8 Å². The van der Waals surface area contributed by atoms with Crippen LogP contribution in [-0.2, 0) is 0 Å². The van der Waals surface area contributed by atoms with Crippen LogP contribution in [-0.4, -0.2) is 18.5 Å². The smallest absolute Gasteiger partial charge is 0.196 e. The monoisotopic (exact) mass is 245 g/mol. The second-order valence-corrected chi connectivity index (χ2v) is 5.00. The van der Waals surface area contributed by atoms with Gasteiger partial charge in [-0.15, -0.1) is 0 Å². The van der Waals surface area contributed by atoms with Crippen molar-refractivity contribution in [2.45, 2.75) is 45.6 Å². The summed E-state index contributed by atoms with van der Waals surface area (Å²) in [5.41, 5.74) is 8.52. The molecule has 1 aromatic carbocycles. The molecular formula is C15H23N3. The van der Waals surface area contributed by atoms with Crippen LogP contribution in [0.4, 0.5) is 5.69 Å². The maximum atomic E-state index is 6.05. The molecule has 0 saturated carbocycles. The van der Waals surface area contributed by atoms with Crippen LogP contribution in [0.5, 0.6) is 0 Å². The number of nitrogens with zero attached hydrogens (tertiary/aromatic N) is 2. The standard InChI is InChI=1S/C15H23N3/c1-3-4-5-9-13-11-17-15(16)18(13)14-10-7-6-8-12(14)2/h6-8,10,13H,3-5,9,11H2,1-2H3,(H2,16,17). The lowest BCUT2D eigenvalue weighted by molar-refractivity contribution is 0.579. The summed E-state index contributed by atoms with van der Waals surface area (Å²) in [5.74, 6) is 0.672. The van der Waals surface area contributed by atoms with Crippen molar-refractivity contribution in [3.8, 4) is 0 Å². The number of rotatable bonds is 5. The lowest BCUT2D eigenvalue weighted by atomic mass is 10.1. The molecule has 1 aliphatic rings. The predicted octanol–water partition coefficient (Wildman–Crippen LogP) is 3.08. The van der Waals surface area contributed by atoms with E-state index in [1.54, 1.807) is 0 Å². The van der Waals surface area contributed by atoms with Crippen molar-refractivity contribution in [2.75, 3.05) is 11.4 Å². The van der Waals surface area contributed by atoms with Crippen LogP contribution in [0.3, 0.4) is 0 Å². The summed E-state index contributed by atoms with van der Waals surface area (Å²) in [6.45, 7) is 5.20. The van der Waals surface area contributed by atoms with E-state index < -0.39 is 0 Å². The van der Waals surface area contributed by atoms with E-state index >= 15 is 0 Å². The van der Waals surface area contributed by atoms with Crippen molar-refractivity contribution in [2.24, 2.45) is 10.7 Å². The number of anilines is 1. The topological polar surface area (TPSA) is 41.6 Å². The highest BCUT2D eigenvalue weighted by Crippen LogP contribution is 2.26. The zero-order valence-electron chi connectivity index (χ0n) is 11.4. The van der Waals surface area contributed by atoms with Crippen molar-refractivity contribution in [1.82, 2.24) is 0 Å². The second-order valence-electron chi connectivity index (χ2n) is 5.00. The Morgan fingerprint density at radius 1 is 1.33 bits per heavy atom. The number of para-hydroxylation sites is 1. The van der Waals surface area contributed by atoms with E-state index in [4.69, 9.17) is 5.73 Å². The minimum Gasteiger partial charge on any atom is -0.370 e. The summed E-state index contributed by atoms with van der Waals surface area (Å²) in [7, 11) is 0. The van der Waals surface area contributed by atoms with Gasteiger partial charge in [0.2, 0.25) is 0 Å². The fraction of sp³-hybridized carbons (Fsp3) is 0.533. The van der Waals surface area contributed by atoms with E-state index in [1.807, 2.05) is 0 Å². The van der Waals surface area contributed by atoms with Crippen LogP contribution in [0.1, 0.15) is 38.2 Å². The van der Waals surface area contributed by atoms with Crippen molar-refractivity contribution >= 4 is 11.6 Å². The Bertz CT molecular complexity index is 426. The Labute approximate surface area is 110 Å². The van der Waals surface area contributed by atoms with Gasteiger partial charge in [0, 0.05) is 5.69 Å². The third kappa shape index (κ3) is 2.66. The first-order chi connectivity index (χ1) is 8.74. The van der Waals surface area contributed by atoms with Gasteiger partial charge in [-0.1, -0.05) is 44.4 Å². The summed E-state index contributed by atoms with van der Waals surface area (Å²) in [5, 5.41) is 0. The van der Waals surface area contributed by atoms with Gasteiger partial charge >= 0.3 is 0 Å². The van der Waals surface area contributed by atoms with E-state index in [0.717, 1.165) is 6.54 Å². The first kappa shape index (κ1) is 12.9. The van der Waals surface area contributed by atoms with Gasteiger partial charge in [0.25, 0.3) is 0 Å². The summed E-state index contributed by atoms with van der Waals surface area (Å²) < 4.78 is 0.